The lowest BCUT2D eigenvalue weighted by Gasteiger charge is -2.26. The number of carbonyl (C=O) groups is 1. The Balaban J connectivity index is 1.53. The standard InChI is InChI=1S/C21H26N4O5S2/c1-3-25-19-7-6-17(32(27,28)24-8-11-29-12-9-24)13-18(19)23-21(25)31-15(2)20(26)22-14-16-5-4-10-30-16/h4-7,10,13,15H,3,8-9,11-12,14H2,1-2H3,(H,22,26)/t15-/m1/s1. The highest BCUT2D eigenvalue weighted by molar-refractivity contribution is 8.00. The summed E-state index contributed by atoms with van der Waals surface area (Å²) in [5.41, 5.74) is 1.42. The number of hydrogen-bond donors (Lipinski definition) is 1. The fourth-order valence-electron chi connectivity index (χ4n) is 3.52. The molecule has 0 saturated carbocycles. The van der Waals surface area contributed by atoms with Crippen LogP contribution in [0.2, 0.25) is 0 Å². The van der Waals surface area contributed by atoms with Crippen molar-refractivity contribution in [3.8, 4) is 0 Å². The van der Waals surface area contributed by atoms with Gasteiger partial charge in [0.15, 0.2) is 5.16 Å². The molecule has 2 aromatic heterocycles. The van der Waals surface area contributed by atoms with Gasteiger partial charge in [-0.2, -0.15) is 4.31 Å². The number of ether oxygens (including phenoxy) is 1. The molecule has 32 heavy (non-hydrogen) atoms. The molecule has 1 N–H and O–H groups in total. The molecule has 3 heterocycles. The predicted molar refractivity (Wildman–Crippen MR) is 121 cm³/mol. The maximum absolute atomic E-state index is 13.0. The van der Waals surface area contributed by atoms with Gasteiger partial charge in [0.2, 0.25) is 15.9 Å². The van der Waals surface area contributed by atoms with Crippen molar-refractivity contribution in [3.05, 3.63) is 42.4 Å². The average molecular weight is 479 g/mol. The van der Waals surface area contributed by atoms with Crippen LogP contribution in [0.4, 0.5) is 0 Å². The van der Waals surface area contributed by atoms with Gasteiger partial charge in [0.05, 0.1) is 47.2 Å². The van der Waals surface area contributed by atoms with Crippen LogP contribution < -0.4 is 5.32 Å². The zero-order valence-corrected chi connectivity index (χ0v) is 19.6. The normalized spacial score (nSPS) is 16.3. The maximum atomic E-state index is 13.0. The van der Waals surface area contributed by atoms with Crippen LogP contribution in [0.3, 0.4) is 0 Å². The monoisotopic (exact) mass is 478 g/mol. The Kier molecular flexibility index (Phi) is 6.89. The molecule has 11 heteroatoms. The fraction of sp³-hybridized carbons (Fsp3) is 0.429. The highest BCUT2D eigenvalue weighted by Crippen LogP contribution is 2.29. The zero-order chi connectivity index (χ0) is 22.7. The second-order valence-corrected chi connectivity index (χ2v) is 10.6. The summed E-state index contributed by atoms with van der Waals surface area (Å²) in [5.74, 6) is 0.557. The van der Waals surface area contributed by atoms with E-state index in [0.717, 1.165) is 5.52 Å². The van der Waals surface area contributed by atoms with E-state index in [1.165, 1.54) is 16.1 Å². The van der Waals surface area contributed by atoms with E-state index in [9.17, 15) is 13.2 Å². The number of benzene rings is 1. The van der Waals surface area contributed by atoms with Crippen molar-refractivity contribution in [3.63, 3.8) is 0 Å². The molecule has 9 nitrogen and oxygen atoms in total. The summed E-state index contributed by atoms with van der Waals surface area (Å²) < 4.78 is 39.9. The Labute approximate surface area is 191 Å². The first kappa shape index (κ1) is 22.8. The van der Waals surface area contributed by atoms with E-state index in [1.54, 1.807) is 36.6 Å². The van der Waals surface area contributed by atoms with Crippen LogP contribution in [0.15, 0.2) is 51.1 Å². The molecule has 1 fully saturated rings. The Morgan fingerprint density at radius 1 is 1.28 bits per heavy atom. The Morgan fingerprint density at radius 2 is 2.06 bits per heavy atom. The molecule has 0 radical (unpaired) electrons. The maximum Gasteiger partial charge on any atom is 0.243 e. The van der Waals surface area contributed by atoms with Gasteiger partial charge >= 0.3 is 0 Å². The van der Waals surface area contributed by atoms with Gasteiger partial charge in [-0.25, -0.2) is 13.4 Å². The molecular formula is C21H26N4O5S2. The van der Waals surface area contributed by atoms with Crippen LogP contribution >= 0.6 is 11.8 Å². The van der Waals surface area contributed by atoms with Crippen molar-refractivity contribution >= 4 is 38.7 Å². The van der Waals surface area contributed by atoms with Gasteiger partial charge in [0, 0.05) is 19.6 Å². The molecule has 0 aliphatic carbocycles. The number of nitrogens with zero attached hydrogens (tertiary/aromatic N) is 3. The van der Waals surface area contributed by atoms with Crippen LogP contribution in [-0.2, 0) is 32.6 Å². The quantitative estimate of drug-likeness (QED) is 0.496. The highest BCUT2D eigenvalue weighted by atomic mass is 32.2. The van der Waals surface area contributed by atoms with Crippen molar-refractivity contribution in [2.45, 2.75) is 42.2 Å². The van der Waals surface area contributed by atoms with Crippen LogP contribution in [0.25, 0.3) is 11.0 Å². The third kappa shape index (κ3) is 4.70. The molecule has 1 aliphatic heterocycles. The van der Waals surface area contributed by atoms with Gasteiger partial charge in [-0.15, -0.1) is 0 Å². The molecule has 1 saturated heterocycles. The van der Waals surface area contributed by atoms with Gasteiger partial charge in [0.25, 0.3) is 0 Å². The van der Waals surface area contributed by atoms with Crippen LogP contribution in [-0.4, -0.2) is 59.7 Å². The molecule has 1 amide bonds. The summed E-state index contributed by atoms with van der Waals surface area (Å²) in [6.45, 7) is 6.25. The van der Waals surface area contributed by atoms with Crippen molar-refractivity contribution in [2.75, 3.05) is 26.3 Å². The van der Waals surface area contributed by atoms with E-state index < -0.39 is 10.0 Å². The molecule has 1 aromatic carbocycles. The molecule has 1 atom stereocenters. The number of rotatable bonds is 8. The number of furan rings is 1. The van der Waals surface area contributed by atoms with Gasteiger partial charge in [0.1, 0.15) is 5.76 Å². The molecular weight excluding hydrogens is 452 g/mol. The van der Waals surface area contributed by atoms with E-state index >= 15 is 0 Å². The summed E-state index contributed by atoms with van der Waals surface area (Å²) in [4.78, 5) is 17.4. The number of morpholine rings is 1. The van der Waals surface area contributed by atoms with Crippen molar-refractivity contribution < 1.29 is 22.4 Å². The summed E-state index contributed by atoms with van der Waals surface area (Å²) in [5, 5.41) is 3.14. The van der Waals surface area contributed by atoms with Crippen LogP contribution in [0.1, 0.15) is 19.6 Å². The molecule has 0 unspecified atom stereocenters. The molecule has 3 aromatic rings. The number of hydrogen-bond acceptors (Lipinski definition) is 7. The number of thioether (sulfide) groups is 1. The molecule has 4 rings (SSSR count). The van der Waals surface area contributed by atoms with Crippen molar-refractivity contribution in [2.24, 2.45) is 0 Å². The number of nitrogens with one attached hydrogen (secondary N) is 1. The van der Waals surface area contributed by atoms with Crippen LogP contribution in [0, 0.1) is 0 Å². The summed E-state index contributed by atoms with van der Waals surface area (Å²) in [6.07, 6.45) is 1.57. The fourth-order valence-corrected chi connectivity index (χ4v) is 5.96. The van der Waals surface area contributed by atoms with E-state index in [0.29, 0.717) is 55.8 Å². The lowest BCUT2D eigenvalue weighted by molar-refractivity contribution is -0.120. The van der Waals surface area contributed by atoms with Crippen LogP contribution in [0.5, 0.6) is 0 Å². The Bertz CT molecular complexity index is 1180. The lowest BCUT2D eigenvalue weighted by Crippen LogP contribution is -2.40. The smallest absolute Gasteiger partial charge is 0.243 e. The number of amides is 1. The number of aromatic nitrogens is 2. The predicted octanol–water partition coefficient (Wildman–Crippen LogP) is 2.47. The Morgan fingerprint density at radius 3 is 2.75 bits per heavy atom. The minimum atomic E-state index is -3.60. The number of aryl methyl sites for hydroxylation is 1. The number of fused-ring (bicyclic) bond motifs is 1. The minimum absolute atomic E-state index is 0.128. The molecule has 172 valence electrons. The Hall–Kier alpha value is -2.34. The topological polar surface area (TPSA) is 107 Å². The first-order chi connectivity index (χ1) is 15.4. The SMILES string of the molecule is CCn1c(S[C@H](C)C(=O)NCc2ccco2)nc2cc(S(=O)(=O)N3CCOCC3)ccc21. The third-order valence-corrected chi connectivity index (χ3v) is 8.26. The number of imidazole rings is 1. The van der Waals surface area contributed by atoms with E-state index in [2.05, 4.69) is 10.3 Å². The second-order valence-electron chi connectivity index (χ2n) is 7.36. The zero-order valence-electron chi connectivity index (χ0n) is 18.0. The first-order valence-electron chi connectivity index (χ1n) is 10.4. The lowest BCUT2D eigenvalue weighted by atomic mass is 10.3. The van der Waals surface area contributed by atoms with Crippen molar-refractivity contribution in [1.82, 2.24) is 19.2 Å². The van der Waals surface area contributed by atoms with Gasteiger partial charge in [-0.05, 0) is 44.2 Å². The van der Waals surface area contributed by atoms with Crippen molar-refractivity contribution in [1.29, 1.82) is 0 Å². The van der Waals surface area contributed by atoms with E-state index in [1.807, 2.05) is 18.4 Å². The highest BCUT2D eigenvalue weighted by Gasteiger charge is 2.27. The second kappa shape index (κ2) is 9.65. The van der Waals surface area contributed by atoms with Gasteiger partial charge in [-0.1, -0.05) is 11.8 Å². The summed E-state index contributed by atoms with van der Waals surface area (Å²) >= 11 is 1.34. The van der Waals surface area contributed by atoms with E-state index in [4.69, 9.17) is 9.15 Å². The minimum Gasteiger partial charge on any atom is -0.467 e. The number of carbonyl (C=O) groups excluding carboxylic acids is 1. The molecule has 0 bridgehead atoms. The van der Waals surface area contributed by atoms with E-state index in [-0.39, 0.29) is 16.1 Å². The summed E-state index contributed by atoms with van der Waals surface area (Å²) in [7, 11) is -3.60. The molecule has 0 spiro atoms. The third-order valence-electron chi connectivity index (χ3n) is 5.28. The summed E-state index contributed by atoms with van der Waals surface area (Å²) in [6, 6.07) is 8.59. The molecule has 1 aliphatic rings. The van der Waals surface area contributed by atoms with Gasteiger partial charge < -0.3 is 19.0 Å². The first-order valence-corrected chi connectivity index (χ1v) is 12.8. The number of sulfonamides is 1. The average Bonchev–Trinajstić information content (AvgIpc) is 3.44. The largest absolute Gasteiger partial charge is 0.467 e. The van der Waals surface area contributed by atoms with Gasteiger partial charge in [-0.3, -0.25) is 4.79 Å².